The van der Waals surface area contributed by atoms with Crippen molar-refractivity contribution in [1.29, 1.82) is 0 Å². The van der Waals surface area contributed by atoms with Gasteiger partial charge in [-0.15, -0.1) is 0 Å². The quantitative estimate of drug-likeness (QED) is 0.874. The molecule has 0 bridgehead atoms. The fraction of sp³-hybridized carbons (Fsp3) is 0.450. The largest absolute Gasteiger partial charge is 0.349 e. The molecule has 2 aliphatic heterocycles. The zero-order valence-electron chi connectivity index (χ0n) is 15.4. The summed E-state index contributed by atoms with van der Waals surface area (Å²) in [6.45, 7) is 3.16. The third-order valence-corrected chi connectivity index (χ3v) is 5.41. The Morgan fingerprint density at radius 2 is 1.81 bits per heavy atom. The number of H-pyrrole nitrogens is 1. The number of aromatic nitrogens is 2. The molecule has 0 radical (unpaired) electrons. The first-order valence-electron chi connectivity index (χ1n) is 9.64. The van der Waals surface area contributed by atoms with Crippen molar-refractivity contribution in [3.63, 3.8) is 0 Å². The van der Waals surface area contributed by atoms with Crippen LogP contribution < -0.4 is 5.32 Å². The maximum atomic E-state index is 12.6. The monoisotopic (exact) mass is 367 g/mol. The Morgan fingerprint density at radius 1 is 1.07 bits per heavy atom. The molecule has 4 rings (SSSR count). The molecule has 3 heterocycles. The van der Waals surface area contributed by atoms with Gasteiger partial charge in [0.05, 0.1) is 18.2 Å². The van der Waals surface area contributed by atoms with Crippen molar-refractivity contribution in [2.45, 2.75) is 31.7 Å². The van der Waals surface area contributed by atoms with Gasteiger partial charge in [-0.1, -0.05) is 12.1 Å². The van der Waals surface area contributed by atoms with Gasteiger partial charge in [0.2, 0.25) is 0 Å². The molecule has 2 saturated heterocycles. The summed E-state index contributed by atoms with van der Waals surface area (Å²) in [4.78, 5) is 36.0. The number of urea groups is 1. The van der Waals surface area contributed by atoms with Crippen molar-refractivity contribution >= 4 is 11.9 Å². The number of hydrogen-bond donors (Lipinski definition) is 2. The van der Waals surface area contributed by atoms with Gasteiger partial charge in [0.1, 0.15) is 0 Å². The van der Waals surface area contributed by atoms with Crippen LogP contribution >= 0.6 is 0 Å². The highest BCUT2D eigenvalue weighted by molar-refractivity contribution is 5.95. The first-order valence-corrected chi connectivity index (χ1v) is 9.64. The van der Waals surface area contributed by atoms with Gasteiger partial charge in [0, 0.05) is 43.3 Å². The van der Waals surface area contributed by atoms with E-state index in [9.17, 15) is 9.59 Å². The number of rotatable bonds is 3. The van der Waals surface area contributed by atoms with E-state index in [1.165, 1.54) is 0 Å². The lowest BCUT2D eigenvalue weighted by atomic mass is 10.0. The summed E-state index contributed by atoms with van der Waals surface area (Å²) in [6.07, 6.45) is 7.17. The molecule has 0 saturated carbocycles. The fourth-order valence-electron chi connectivity index (χ4n) is 3.83. The Bertz CT molecular complexity index is 790. The smallest absolute Gasteiger partial charge is 0.319 e. The van der Waals surface area contributed by atoms with Crippen molar-refractivity contribution in [2.75, 3.05) is 26.2 Å². The van der Waals surface area contributed by atoms with Gasteiger partial charge in [0.25, 0.3) is 5.91 Å². The van der Waals surface area contributed by atoms with E-state index >= 15 is 0 Å². The minimum atomic E-state index is -0.0688. The molecular weight excluding hydrogens is 342 g/mol. The van der Waals surface area contributed by atoms with Crippen molar-refractivity contribution in [1.82, 2.24) is 25.1 Å². The van der Waals surface area contributed by atoms with Crippen molar-refractivity contribution in [3.05, 3.63) is 42.4 Å². The van der Waals surface area contributed by atoms with Crippen molar-refractivity contribution in [2.24, 2.45) is 0 Å². The van der Waals surface area contributed by atoms with Gasteiger partial charge in [-0.2, -0.15) is 0 Å². The Morgan fingerprint density at radius 3 is 2.52 bits per heavy atom. The maximum Gasteiger partial charge on any atom is 0.319 e. The van der Waals surface area contributed by atoms with Crippen LogP contribution in [0.2, 0.25) is 0 Å². The van der Waals surface area contributed by atoms with Gasteiger partial charge >= 0.3 is 6.03 Å². The zero-order chi connectivity index (χ0) is 18.6. The number of carbonyl (C=O) groups excluding carboxylic acids is 2. The van der Waals surface area contributed by atoms with Gasteiger partial charge in [-0.3, -0.25) is 4.79 Å². The summed E-state index contributed by atoms with van der Waals surface area (Å²) in [7, 11) is 0. The molecule has 2 fully saturated rings. The molecule has 7 nitrogen and oxygen atoms in total. The predicted octanol–water partition coefficient (Wildman–Crippen LogP) is 2.49. The summed E-state index contributed by atoms with van der Waals surface area (Å²) in [6, 6.07) is 7.78. The second-order valence-electron chi connectivity index (χ2n) is 7.26. The Balaban J connectivity index is 1.32. The highest BCUT2D eigenvalue weighted by Crippen LogP contribution is 2.19. The number of imidazole rings is 1. The number of nitrogens with zero attached hydrogens (tertiary/aromatic N) is 3. The molecule has 2 aromatic rings. The molecule has 0 aliphatic carbocycles. The van der Waals surface area contributed by atoms with E-state index < -0.39 is 0 Å². The third-order valence-electron chi connectivity index (χ3n) is 5.41. The van der Waals surface area contributed by atoms with E-state index in [0.29, 0.717) is 18.7 Å². The molecule has 7 heteroatoms. The van der Waals surface area contributed by atoms with Crippen LogP contribution in [0.25, 0.3) is 11.3 Å². The van der Waals surface area contributed by atoms with Crippen LogP contribution in [0, 0.1) is 0 Å². The average molecular weight is 367 g/mol. The number of likely N-dealkylation sites (tertiary alicyclic amines) is 2. The summed E-state index contributed by atoms with van der Waals surface area (Å²) in [5.41, 5.74) is 2.46. The molecule has 2 N–H and O–H groups in total. The molecule has 0 spiro atoms. The summed E-state index contributed by atoms with van der Waals surface area (Å²) in [5.74, 6) is -0.0688. The molecule has 2 aliphatic rings. The van der Waals surface area contributed by atoms with E-state index in [1.807, 2.05) is 34.1 Å². The molecule has 142 valence electrons. The number of aromatic amines is 1. The number of carbonyl (C=O) groups is 2. The van der Waals surface area contributed by atoms with Crippen LogP contribution in [-0.4, -0.2) is 63.9 Å². The molecule has 1 aromatic heterocycles. The topological polar surface area (TPSA) is 81.3 Å². The normalized spacial score (nSPS) is 17.9. The number of amides is 3. The number of nitrogens with one attached hydrogen (secondary N) is 2. The van der Waals surface area contributed by atoms with Crippen LogP contribution in [-0.2, 0) is 0 Å². The fourth-order valence-corrected chi connectivity index (χ4v) is 3.83. The van der Waals surface area contributed by atoms with Crippen molar-refractivity contribution in [3.8, 4) is 11.3 Å². The number of benzene rings is 1. The number of hydrogen-bond acceptors (Lipinski definition) is 3. The van der Waals surface area contributed by atoms with E-state index in [0.717, 1.165) is 50.0 Å². The van der Waals surface area contributed by atoms with Gasteiger partial charge in [-0.05, 0) is 37.8 Å². The van der Waals surface area contributed by atoms with Gasteiger partial charge < -0.3 is 20.1 Å². The Labute approximate surface area is 158 Å². The lowest BCUT2D eigenvalue weighted by Crippen LogP contribution is -2.50. The lowest BCUT2D eigenvalue weighted by molar-refractivity contribution is 0.0912. The highest BCUT2D eigenvalue weighted by Gasteiger charge is 2.28. The minimum Gasteiger partial charge on any atom is -0.349 e. The van der Waals surface area contributed by atoms with Crippen LogP contribution in [0.15, 0.2) is 36.8 Å². The number of piperidine rings is 1. The molecule has 0 atom stereocenters. The van der Waals surface area contributed by atoms with Crippen LogP contribution in [0.4, 0.5) is 4.79 Å². The molecule has 0 unspecified atom stereocenters. The molecular formula is C20H25N5O2. The lowest BCUT2D eigenvalue weighted by Gasteiger charge is -2.34. The minimum absolute atomic E-state index is 0.0688. The molecule has 3 amide bonds. The average Bonchev–Trinajstić information content (AvgIpc) is 3.42. The van der Waals surface area contributed by atoms with E-state index in [4.69, 9.17) is 0 Å². The van der Waals surface area contributed by atoms with Crippen LogP contribution in [0.1, 0.15) is 36.0 Å². The summed E-state index contributed by atoms with van der Waals surface area (Å²) in [5, 5.41) is 3.12. The predicted molar refractivity (Wildman–Crippen MR) is 102 cm³/mol. The second kappa shape index (κ2) is 7.82. The van der Waals surface area contributed by atoms with Crippen LogP contribution in [0.5, 0.6) is 0 Å². The van der Waals surface area contributed by atoms with Gasteiger partial charge in [-0.25, -0.2) is 9.78 Å². The zero-order valence-corrected chi connectivity index (χ0v) is 15.4. The Kier molecular flexibility index (Phi) is 5.09. The van der Waals surface area contributed by atoms with Crippen molar-refractivity contribution < 1.29 is 9.59 Å². The first kappa shape index (κ1) is 17.6. The highest BCUT2D eigenvalue weighted by atomic mass is 16.2. The standard InChI is InChI=1S/C20H25N5O2/c26-19(16-5-3-4-15(12-16)18-13-21-14-22-18)23-17-6-10-25(11-7-17)20(27)24-8-1-2-9-24/h3-5,12-14,17H,1-2,6-11H2,(H,21,22)(H,23,26). The van der Waals surface area contributed by atoms with E-state index in [2.05, 4.69) is 15.3 Å². The SMILES string of the molecule is O=C(NC1CCN(C(=O)N2CCCC2)CC1)c1cccc(-c2cnc[nH]2)c1. The van der Waals surface area contributed by atoms with E-state index in [1.54, 1.807) is 12.5 Å². The molecule has 1 aromatic carbocycles. The second-order valence-corrected chi connectivity index (χ2v) is 7.26. The maximum absolute atomic E-state index is 12.6. The van der Waals surface area contributed by atoms with Gasteiger partial charge in [0.15, 0.2) is 0 Å². The third kappa shape index (κ3) is 3.97. The first-order chi connectivity index (χ1) is 13.2. The molecule has 27 heavy (non-hydrogen) atoms. The van der Waals surface area contributed by atoms with Crippen LogP contribution in [0.3, 0.4) is 0 Å². The van der Waals surface area contributed by atoms with E-state index in [-0.39, 0.29) is 18.0 Å². The summed E-state index contributed by atoms with van der Waals surface area (Å²) >= 11 is 0. The Hall–Kier alpha value is -2.83. The summed E-state index contributed by atoms with van der Waals surface area (Å²) < 4.78 is 0.